The standard InChI is InChI=1S/C26H47N5O6S/c1-9-36-25(37-10-2)21(14-16(3)4)30-24(32)20(12-11-13-29-26(27)28)31-38(33,34)23-17(5)15-22(35-8)18(6)19(23)7/h15-16,20-21,25,31H,9-14H2,1-8H3,(H,30,32)(H4,27,28,29)/t20-,21-/m0/s1. The van der Waals surface area contributed by atoms with Crippen LogP contribution in [-0.4, -0.2) is 65.5 Å². The number of hydrogen-bond acceptors (Lipinski definition) is 7. The summed E-state index contributed by atoms with van der Waals surface area (Å²) >= 11 is 0. The van der Waals surface area contributed by atoms with E-state index < -0.39 is 34.3 Å². The number of hydrogen-bond donors (Lipinski definition) is 4. The number of rotatable bonds is 17. The van der Waals surface area contributed by atoms with Gasteiger partial charge in [-0.1, -0.05) is 13.8 Å². The van der Waals surface area contributed by atoms with Gasteiger partial charge in [0.25, 0.3) is 0 Å². The predicted octanol–water partition coefficient (Wildman–Crippen LogP) is 2.25. The number of sulfonamides is 1. The van der Waals surface area contributed by atoms with Gasteiger partial charge in [0.1, 0.15) is 11.8 Å². The van der Waals surface area contributed by atoms with Crippen molar-refractivity contribution in [1.82, 2.24) is 10.0 Å². The lowest BCUT2D eigenvalue weighted by Crippen LogP contribution is -2.54. The van der Waals surface area contributed by atoms with Crippen LogP contribution in [0.1, 0.15) is 63.6 Å². The van der Waals surface area contributed by atoms with Crippen molar-refractivity contribution in [3.63, 3.8) is 0 Å². The third-order valence-electron chi connectivity index (χ3n) is 6.07. The number of aryl methyl sites for hydroxylation is 1. The van der Waals surface area contributed by atoms with E-state index in [1.165, 1.54) is 7.11 Å². The molecule has 0 saturated carbocycles. The Hall–Kier alpha value is -2.41. The summed E-state index contributed by atoms with van der Waals surface area (Å²) in [5, 5.41) is 2.98. The number of nitrogens with one attached hydrogen (secondary N) is 2. The average Bonchev–Trinajstić information content (AvgIpc) is 2.82. The normalized spacial score (nSPS) is 13.4. The molecule has 0 saturated heterocycles. The SMILES string of the molecule is CCOC(OCC)[C@H](CC(C)C)NC(=O)[C@H](CCCN=C(N)N)NS(=O)(=O)c1c(C)cc(OC)c(C)c1C. The van der Waals surface area contributed by atoms with Gasteiger partial charge in [0.15, 0.2) is 12.2 Å². The Morgan fingerprint density at radius 3 is 2.18 bits per heavy atom. The fourth-order valence-corrected chi connectivity index (χ4v) is 6.03. The summed E-state index contributed by atoms with van der Waals surface area (Å²) in [6, 6.07) is 0.130. The van der Waals surface area contributed by atoms with E-state index in [0.717, 1.165) is 0 Å². The third-order valence-corrected chi connectivity index (χ3v) is 7.83. The maximum absolute atomic E-state index is 13.6. The van der Waals surface area contributed by atoms with E-state index in [1.54, 1.807) is 26.8 Å². The second-order valence-electron chi connectivity index (χ2n) is 9.62. The van der Waals surface area contributed by atoms with E-state index in [2.05, 4.69) is 15.0 Å². The molecular formula is C26H47N5O6S. The average molecular weight is 558 g/mol. The fourth-order valence-electron chi connectivity index (χ4n) is 4.28. The Kier molecular flexibility index (Phi) is 14.0. The number of nitrogens with zero attached hydrogens (tertiary/aromatic N) is 1. The molecule has 0 aliphatic carbocycles. The van der Waals surface area contributed by atoms with Crippen LogP contribution in [-0.2, 0) is 24.3 Å². The first-order valence-corrected chi connectivity index (χ1v) is 14.5. The highest BCUT2D eigenvalue weighted by Gasteiger charge is 2.32. The zero-order chi connectivity index (χ0) is 29.0. The lowest BCUT2D eigenvalue weighted by Gasteiger charge is -2.30. The summed E-state index contributed by atoms with van der Waals surface area (Å²) < 4.78 is 46.8. The van der Waals surface area contributed by atoms with Crippen molar-refractivity contribution in [2.75, 3.05) is 26.9 Å². The lowest BCUT2D eigenvalue weighted by molar-refractivity contribution is -0.161. The number of benzene rings is 1. The van der Waals surface area contributed by atoms with Gasteiger partial charge in [0.2, 0.25) is 15.9 Å². The van der Waals surface area contributed by atoms with Gasteiger partial charge in [-0.05, 0) is 82.6 Å². The van der Waals surface area contributed by atoms with Crippen molar-refractivity contribution in [2.45, 2.75) is 91.0 Å². The summed E-state index contributed by atoms with van der Waals surface area (Å²) in [7, 11) is -2.54. The number of methoxy groups -OCH3 is 1. The molecule has 6 N–H and O–H groups in total. The minimum atomic E-state index is -4.08. The minimum absolute atomic E-state index is 0.0696. The second-order valence-corrected chi connectivity index (χ2v) is 11.3. The third kappa shape index (κ3) is 10.0. The predicted molar refractivity (Wildman–Crippen MR) is 150 cm³/mol. The van der Waals surface area contributed by atoms with Crippen LogP contribution in [0.4, 0.5) is 0 Å². The minimum Gasteiger partial charge on any atom is -0.496 e. The molecule has 0 spiro atoms. The van der Waals surface area contributed by atoms with Gasteiger partial charge < -0.3 is 31.0 Å². The molecule has 1 aromatic carbocycles. The number of carbonyl (C=O) groups excluding carboxylic acids is 1. The van der Waals surface area contributed by atoms with Crippen LogP contribution in [0.15, 0.2) is 16.0 Å². The van der Waals surface area contributed by atoms with E-state index in [-0.39, 0.29) is 29.7 Å². The molecule has 38 heavy (non-hydrogen) atoms. The quantitative estimate of drug-likeness (QED) is 0.0979. The molecule has 0 fully saturated rings. The number of aliphatic imine (C=N–C) groups is 1. The van der Waals surface area contributed by atoms with Crippen molar-refractivity contribution in [3.8, 4) is 5.75 Å². The Bertz CT molecular complexity index is 1040. The zero-order valence-electron chi connectivity index (χ0n) is 24.1. The molecule has 1 rings (SSSR count). The van der Waals surface area contributed by atoms with Crippen molar-refractivity contribution in [1.29, 1.82) is 0 Å². The molecule has 1 aromatic rings. The highest BCUT2D eigenvalue weighted by molar-refractivity contribution is 7.89. The topological polar surface area (TPSA) is 167 Å². The first-order valence-electron chi connectivity index (χ1n) is 13.0. The van der Waals surface area contributed by atoms with Crippen LogP contribution in [0.25, 0.3) is 0 Å². The molecule has 0 heterocycles. The van der Waals surface area contributed by atoms with Crippen LogP contribution in [0, 0.1) is 26.7 Å². The van der Waals surface area contributed by atoms with Gasteiger partial charge in [-0.2, -0.15) is 4.72 Å². The van der Waals surface area contributed by atoms with Crippen LogP contribution in [0.3, 0.4) is 0 Å². The Labute approximate surface area is 228 Å². The van der Waals surface area contributed by atoms with Gasteiger partial charge in [-0.3, -0.25) is 9.79 Å². The largest absolute Gasteiger partial charge is 0.496 e. The van der Waals surface area contributed by atoms with Crippen LogP contribution >= 0.6 is 0 Å². The number of amides is 1. The molecule has 0 bridgehead atoms. The summed E-state index contributed by atoms with van der Waals surface area (Å²) in [6.45, 7) is 14.0. The van der Waals surface area contributed by atoms with Gasteiger partial charge >= 0.3 is 0 Å². The molecule has 0 unspecified atom stereocenters. The van der Waals surface area contributed by atoms with Crippen molar-refractivity contribution < 1.29 is 27.4 Å². The van der Waals surface area contributed by atoms with E-state index in [0.29, 0.717) is 48.5 Å². The molecule has 1 amide bonds. The van der Waals surface area contributed by atoms with Crippen molar-refractivity contribution in [3.05, 3.63) is 22.8 Å². The van der Waals surface area contributed by atoms with Gasteiger partial charge in [0.05, 0.1) is 18.0 Å². The molecule has 0 radical (unpaired) electrons. The Morgan fingerprint density at radius 2 is 1.68 bits per heavy atom. The molecule has 0 aliphatic rings. The fraction of sp³-hybridized carbons (Fsp3) is 0.692. The Balaban J connectivity index is 3.37. The molecule has 0 aromatic heterocycles. The lowest BCUT2D eigenvalue weighted by atomic mass is 10.0. The highest BCUT2D eigenvalue weighted by Crippen LogP contribution is 2.30. The summed E-state index contributed by atoms with van der Waals surface area (Å²) in [5.41, 5.74) is 12.6. The van der Waals surface area contributed by atoms with Gasteiger partial charge in [0, 0.05) is 19.8 Å². The number of guanidine groups is 1. The van der Waals surface area contributed by atoms with Crippen LogP contribution in [0.5, 0.6) is 5.75 Å². The number of nitrogens with two attached hydrogens (primary N) is 2. The summed E-state index contributed by atoms with van der Waals surface area (Å²) in [5.74, 6) is 0.280. The summed E-state index contributed by atoms with van der Waals surface area (Å²) in [4.78, 5) is 17.6. The monoisotopic (exact) mass is 557 g/mol. The number of ether oxygens (including phenoxy) is 3. The van der Waals surface area contributed by atoms with Crippen LogP contribution in [0.2, 0.25) is 0 Å². The van der Waals surface area contributed by atoms with Crippen LogP contribution < -0.4 is 26.2 Å². The van der Waals surface area contributed by atoms with E-state index >= 15 is 0 Å². The molecule has 0 aliphatic heterocycles. The molecule has 11 nitrogen and oxygen atoms in total. The van der Waals surface area contributed by atoms with Crippen molar-refractivity contribution >= 4 is 21.9 Å². The zero-order valence-corrected chi connectivity index (χ0v) is 24.9. The molecular weight excluding hydrogens is 510 g/mol. The maximum Gasteiger partial charge on any atom is 0.241 e. The maximum atomic E-state index is 13.6. The van der Waals surface area contributed by atoms with Gasteiger partial charge in [-0.25, -0.2) is 8.42 Å². The highest BCUT2D eigenvalue weighted by atomic mass is 32.2. The first kappa shape index (κ1) is 33.6. The molecule has 2 atom stereocenters. The van der Waals surface area contributed by atoms with Crippen molar-refractivity contribution in [2.24, 2.45) is 22.4 Å². The second kappa shape index (κ2) is 15.9. The Morgan fingerprint density at radius 1 is 1.08 bits per heavy atom. The van der Waals surface area contributed by atoms with E-state index in [1.807, 2.05) is 27.7 Å². The van der Waals surface area contributed by atoms with E-state index in [9.17, 15) is 13.2 Å². The molecule has 12 heteroatoms. The smallest absolute Gasteiger partial charge is 0.241 e. The molecule has 218 valence electrons. The van der Waals surface area contributed by atoms with E-state index in [4.69, 9.17) is 25.7 Å². The first-order chi connectivity index (χ1) is 17.8. The summed E-state index contributed by atoms with van der Waals surface area (Å²) in [6.07, 6.45) is 0.480. The number of carbonyl (C=O) groups is 1. The van der Waals surface area contributed by atoms with Gasteiger partial charge in [-0.15, -0.1) is 0 Å².